The highest BCUT2D eigenvalue weighted by Gasteiger charge is 2.19. The molecule has 0 atom stereocenters. The van der Waals surface area contributed by atoms with E-state index in [0.29, 0.717) is 22.6 Å². The lowest BCUT2D eigenvalue weighted by molar-refractivity contribution is 0.524. The zero-order chi connectivity index (χ0) is 19.4. The van der Waals surface area contributed by atoms with E-state index >= 15 is 0 Å². The van der Waals surface area contributed by atoms with E-state index in [1.807, 2.05) is 20.8 Å². The summed E-state index contributed by atoms with van der Waals surface area (Å²) in [5, 5.41) is 0. The van der Waals surface area contributed by atoms with Crippen molar-refractivity contribution in [1.82, 2.24) is 0 Å². The number of rotatable bonds is 8. The summed E-state index contributed by atoms with van der Waals surface area (Å²) < 4.78 is 49.5. The molecule has 0 bridgehead atoms. The normalized spacial score (nSPS) is 12.5. The van der Waals surface area contributed by atoms with Gasteiger partial charge in [0.05, 0.1) is 21.3 Å². The van der Waals surface area contributed by atoms with Crippen molar-refractivity contribution in [2.24, 2.45) is 5.92 Å². The number of benzene rings is 2. The fraction of sp³-hybridized carbons (Fsp3) is 0.400. The third kappa shape index (κ3) is 5.68. The number of hydrogen-bond acceptors (Lipinski definition) is 4. The molecule has 0 radical (unpaired) electrons. The van der Waals surface area contributed by atoms with Gasteiger partial charge in [-0.05, 0) is 56.9 Å². The molecule has 4 nitrogen and oxygen atoms in total. The molecule has 0 fully saturated rings. The average molecular weight is 395 g/mol. The molecule has 0 saturated heterocycles. The maximum atomic E-state index is 12.4. The highest BCUT2D eigenvalue weighted by molar-refractivity contribution is 7.91. The van der Waals surface area contributed by atoms with E-state index in [0.717, 1.165) is 11.1 Å². The zero-order valence-corrected chi connectivity index (χ0v) is 17.1. The van der Waals surface area contributed by atoms with Gasteiger partial charge in [0.2, 0.25) is 0 Å². The first kappa shape index (κ1) is 20.6. The second kappa shape index (κ2) is 8.35. The molecule has 0 aromatic heterocycles. The van der Waals surface area contributed by atoms with Crippen molar-refractivity contribution >= 4 is 19.7 Å². The minimum Gasteiger partial charge on any atom is -0.224 e. The fourth-order valence-corrected chi connectivity index (χ4v) is 5.58. The third-order valence-corrected chi connectivity index (χ3v) is 8.05. The van der Waals surface area contributed by atoms with Gasteiger partial charge in [-0.1, -0.05) is 42.3 Å². The van der Waals surface area contributed by atoms with Crippen LogP contribution in [0, 0.1) is 19.8 Å². The summed E-state index contributed by atoms with van der Waals surface area (Å²) in [6.07, 6.45) is 0.888. The van der Waals surface area contributed by atoms with Crippen LogP contribution in [0.4, 0.5) is 0 Å². The van der Waals surface area contributed by atoms with Crippen molar-refractivity contribution in [2.45, 2.75) is 43.4 Å². The Morgan fingerprint density at radius 2 is 0.962 bits per heavy atom. The van der Waals surface area contributed by atoms with Crippen LogP contribution in [0.15, 0.2) is 58.3 Å². The Morgan fingerprint density at radius 1 is 0.654 bits per heavy atom. The van der Waals surface area contributed by atoms with Crippen molar-refractivity contribution in [3.63, 3.8) is 0 Å². The summed E-state index contributed by atoms with van der Waals surface area (Å²) in [6.45, 7) is 5.72. The van der Waals surface area contributed by atoms with Crippen LogP contribution in [0.25, 0.3) is 0 Å². The van der Waals surface area contributed by atoms with Gasteiger partial charge in [0, 0.05) is 0 Å². The maximum absolute atomic E-state index is 12.4. The van der Waals surface area contributed by atoms with Crippen LogP contribution >= 0.6 is 0 Å². The van der Waals surface area contributed by atoms with Gasteiger partial charge < -0.3 is 0 Å². The average Bonchev–Trinajstić information content (AvgIpc) is 2.59. The van der Waals surface area contributed by atoms with Gasteiger partial charge in [0.15, 0.2) is 19.7 Å². The molecule has 0 aliphatic rings. The quantitative estimate of drug-likeness (QED) is 0.679. The Bertz CT molecular complexity index is 847. The SMILES string of the molecule is Cc1ccc(S(=O)(=O)CCC(C)CCS(=O)(=O)c2ccc(C)cc2)cc1. The standard InChI is InChI=1S/C20H26O4S2/c1-16-4-8-19(9-5-16)25(21,22)14-12-18(3)13-15-26(23,24)20-10-6-17(2)7-11-20/h4-11,18H,12-15H2,1-3H3. The molecule has 0 heterocycles. The first-order valence-corrected chi connectivity index (χ1v) is 12.0. The molecular weight excluding hydrogens is 368 g/mol. The van der Waals surface area contributed by atoms with Crippen molar-refractivity contribution in [3.05, 3.63) is 59.7 Å². The van der Waals surface area contributed by atoms with Gasteiger partial charge in [-0.2, -0.15) is 0 Å². The van der Waals surface area contributed by atoms with Gasteiger partial charge in [0.1, 0.15) is 0 Å². The second-order valence-corrected chi connectivity index (χ2v) is 11.2. The lowest BCUT2D eigenvalue weighted by Gasteiger charge is -2.12. The predicted octanol–water partition coefficient (Wildman–Crippen LogP) is 3.97. The molecule has 0 N–H and O–H groups in total. The van der Waals surface area contributed by atoms with Crippen LogP contribution in [0.5, 0.6) is 0 Å². The fourth-order valence-electron chi connectivity index (χ4n) is 2.58. The summed E-state index contributed by atoms with van der Waals surface area (Å²) in [5.41, 5.74) is 2.03. The van der Waals surface area contributed by atoms with Crippen LogP contribution in [0.2, 0.25) is 0 Å². The highest BCUT2D eigenvalue weighted by atomic mass is 32.2. The van der Waals surface area contributed by atoms with E-state index in [4.69, 9.17) is 0 Å². The van der Waals surface area contributed by atoms with Crippen LogP contribution in [0.1, 0.15) is 30.9 Å². The second-order valence-electron chi connectivity index (χ2n) is 6.95. The largest absolute Gasteiger partial charge is 0.224 e. The molecule has 26 heavy (non-hydrogen) atoms. The summed E-state index contributed by atoms with van der Waals surface area (Å²) in [6, 6.07) is 13.6. The molecule has 142 valence electrons. The number of aryl methyl sites for hydroxylation is 2. The van der Waals surface area contributed by atoms with E-state index in [1.54, 1.807) is 48.5 Å². The van der Waals surface area contributed by atoms with Crippen LogP contribution in [-0.2, 0) is 19.7 Å². The number of hydrogen-bond donors (Lipinski definition) is 0. The van der Waals surface area contributed by atoms with E-state index < -0.39 is 19.7 Å². The minimum absolute atomic E-state index is 0.00967. The monoisotopic (exact) mass is 394 g/mol. The molecule has 2 aromatic carbocycles. The molecule has 0 aliphatic heterocycles. The Morgan fingerprint density at radius 3 is 1.27 bits per heavy atom. The van der Waals surface area contributed by atoms with Crippen molar-refractivity contribution in [3.8, 4) is 0 Å². The van der Waals surface area contributed by atoms with Crippen LogP contribution in [-0.4, -0.2) is 28.3 Å². The molecule has 0 spiro atoms. The van der Waals surface area contributed by atoms with Gasteiger partial charge in [-0.15, -0.1) is 0 Å². The Hall–Kier alpha value is -1.66. The van der Waals surface area contributed by atoms with Crippen molar-refractivity contribution in [2.75, 3.05) is 11.5 Å². The minimum atomic E-state index is -3.33. The van der Waals surface area contributed by atoms with Gasteiger partial charge in [-0.25, -0.2) is 16.8 Å². The Kier molecular flexibility index (Phi) is 6.64. The first-order valence-electron chi connectivity index (χ1n) is 8.69. The summed E-state index contributed by atoms with van der Waals surface area (Å²) in [7, 11) is -6.66. The van der Waals surface area contributed by atoms with E-state index in [9.17, 15) is 16.8 Å². The molecule has 6 heteroatoms. The third-order valence-electron chi connectivity index (χ3n) is 4.52. The molecule has 0 amide bonds. The lowest BCUT2D eigenvalue weighted by atomic mass is 10.1. The van der Waals surface area contributed by atoms with Gasteiger partial charge >= 0.3 is 0 Å². The lowest BCUT2D eigenvalue weighted by Crippen LogP contribution is -2.14. The molecule has 0 aliphatic carbocycles. The van der Waals surface area contributed by atoms with E-state index in [-0.39, 0.29) is 17.4 Å². The van der Waals surface area contributed by atoms with Gasteiger partial charge in [0.25, 0.3) is 0 Å². The topological polar surface area (TPSA) is 68.3 Å². The maximum Gasteiger partial charge on any atom is 0.178 e. The summed E-state index contributed by atoms with van der Waals surface area (Å²) >= 11 is 0. The summed E-state index contributed by atoms with van der Waals surface area (Å²) in [5.74, 6) is 0.0688. The molecule has 2 aromatic rings. The molecule has 0 unspecified atom stereocenters. The zero-order valence-electron chi connectivity index (χ0n) is 15.5. The van der Waals surface area contributed by atoms with Crippen molar-refractivity contribution < 1.29 is 16.8 Å². The Labute approximate surface area is 157 Å². The highest BCUT2D eigenvalue weighted by Crippen LogP contribution is 2.19. The molecular formula is C20H26O4S2. The predicted molar refractivity (Wildman–Crippen MR) is 105 cm³/mol. The van der Waals surface area contributed by atoms with E-state index in [1.165, 1.54) is 0 Å². The summed E-state index contributed by atoms with van der Waals surface area (Å²) in [4.78, 5) is 0.644. The molecule has 2 rings (SSSR count). The van der Waals surface area contributed by atoms with Crippen LogP contribution in [0.3, 0.4) is 0 Å². The van der Waals surface area contributed by atoms with E-state index in [2.05, 4.69) is 0 Å². The van der Waals surface area contributed by atoms with Crippen LogP contribution < -0.4 is 0 Å². The van der Waals surface area contributed by atoms with Crippen molar-refractivity contribution in [1.29, 1.82) is 0 Å². The molecule has 0 saturated carbocycles. The Balaban J connectivity index is 1.91. The first-order chi connectivity index (χ1) is 12.1. The smallest absolute Gasteiger partial charge is 0.178 e. The van der Waals surface area contributed by atoms with Gasteiger partial charge in [-0.3, -0.25) is 0 Å². The number of sulfone groups is 2.